The summed E-state index contributed by atoms with van der Waals surface area (Å²) in [6, 6.07) is 58.7. The van der Waals surface area contributed by atoms with Crippen LogP contribution in [0.2, 0.25) is 0 Å². The molecular formula is C47H42. The minimum Gasteiger partial charge on any atom is -0.0620 e. The Labute approximate surface area is 281 Å². The minimum atomic E-state index is 1.27. The summed E-state index contributed by atoms with van der Waals surface area (Å²) in [4.78, 5) is 0. The lowest BCUT2D eigenvalue weighted by Crippen LogP contribution is -1.90. The second-order valence-electron chi connectivity index (χ2n) is 12.5. The van der Waals surface area contributed by atoms with Gasteiger partial charge in [-0.1, -0.05) is 140 Å². The maximum absolute atomic E-state index is 2.33. The Hall–Kier alpha value is -5.46. The van der Waals surface area contributed by atoms with E-state index in [4.69, 9.17) is 0 Å². The number of benzene rings is 7. The van der Waals surface area contributed by atoms with Gasteiger partial charge in [-0.05, 0) is 142 Å². The van der Waals surface area contributed by atoms with E-state index in [1.807, 2.05) is 0 Å². The molecule has 0 atom stereocenters. The van der Waals surface area contributed by atoms with Gasteiger partial charge in [0.2, 0.25) is 0 Å². The average molecular weight is 607 g/mol. The van der Waals surface area contributed by atoms with Crippen molar-refractivity contribution < 1.29 is 0 Å². The number of aryl methyl sites for hydroxylation is 5. The number of hydrogen-bond acceptors (Lipinski definition) is 0. The van der Waals surface area contributed by atoms with Crippen LogP contribution in [-0.2, 0) is 0 Å². The molecule has 7 aromatic rings. The molecule has 0 aliphatic heterocycles. The quantitative estimate of drug-likeness (QED) is 0.183. The second kappa shape index (κ2) is 14.3. The van der Waals surface area contributed by atoms with Crippen LogP contribution in [-0.4, -0.2) is 0 Å². The largest absolute Gasteiger partial charge is 0.0620 e. The Morgan fingerprint density at radius 1 is 0.213 bits per heavy atom. The van der Waals surface area contributed by atoms with Crippen molar-refractivity contribution in [1.29, 1.82) is 0 Å². The molecular weight excluding hydrogens is 565 g/mol. The summed E-state index contributed by atoms with van der Waals surface area (Å²) < 4.78 is 0. The van der Waals surface area contributed by atoms with Crippen molar-refractivity contribution >= 4 is 0 Å². The molecule has 0 aliphatic carbocycles. The summed E-state index contributed by atoms with van der Waals surface area (Å²) in [5.74, 6) is 0. The van der Waals surface area contributed by atoms with Crippen molar-refractivity contribution in [3.8, 4) is 55.6 Å². The molecule has 0 amide bonds. The monoisotopic (exact) mass is 606 g/mol. The van der Waals surface area contributed by atoms with Gasteiger partial charge in [0, 0.05) is 0 Å². The van der Waals surface area contributed by atoms with Crippen molar-refractivity contribution in [3.05, 3.63) is 192 Å². The third-order valence-electron chi connectivity index (χ3n) is 9.08. The van der Waals surface area contributed by atoms with Gasteiger partial charge in [0.15, 0.2) is 0 Å². The molecule has 0 fully saturated rings. The Balaban J connectivity index is 0.000000172. The van der Waals surface area contributed by atoms with Crippen molar-refractivity contribution in [2.75, 3.05) is 0 Å². The zero-order valence-corrected chi connectivity index (χ0v) is 28.1. The predicted octanol–water partition coefficient (Wildman–Crippen LogP) is 13.3. The van der Waals surface area contributed by atoms with Gasteiger partial charge in [0.1, 0.15) is 0 Å². The van der Waals surface area contributed by atoms with E-state index in [-0.39, 0.29) is 0 Å². The summed E-state index contributed by atoms with van der Waals surface area (Å²) in [5.41, 5.74) is 19.4. The molecule has 0 heterocycles. The van der Waals surface area contributed by atoms with Crippen LogP contribution in [0, 0.1) is 34.6 Å². The standard InChI is InChI=1S/C27H24.C20H18/c1-19-10-4-7-13-25(19)22-16-23(26-14-8-5-11-20(26)2)18-24(17-22)27-15-9-6-12-21(27)3;1-15-8-3-5-12-19(15)17-10-7-11-18(14-17)20-13-6-4-9-16(20)2/h4-18H,1-3H3;3-14H,1-2H3. The van der Waals surface area contributed by atoms with E-state index in [0.717, 1.165) is 0 Å². The van der Waals surface area contributed by atoms with Crippen LogP contribution in [0.25, 0.3) is 55.6 Å². The molecule has 0 N–H and O–H groups in total. The highest BCUT2D eigenvalue weighted by Gasteiger charge is 2.11. The van der Waals surface area contributed by atoms with E-state index in [0.29, 0.717) is 0 Å². The zero-order valence-electron chi connectivity index (χ0n) is 28.1. The molecule has 0 unspecified atom stereocenters. The molecule has 0 bridgehead atoms. The normalized spacial score (nSPS) is 10.7. The van der Waals surface area contributed by atoms with E-state index in [9.17, 15) is 0 Å². The van der Waals surface area contributed by atoms with Crippen LogP contribution in [0.1, 0.15) is 27.8 Å². The van der Waals surface area contributed by atoms with Crippen LogP contribution in [0.3, 0.4) is 0 Å². The molecule has 47 heavy (non-hydrogen) atoms. The number of hydrogen-bond donors (Lipinski definition) is 0. The summed E-state index contributed by atoms with van der Waals surface area (Å²) in [5, 5.41) is 0. The molecule has 0 aliphatic rings. The third-order valence-corrected chi connectivity index (χ3v) is 9.08. The molecule has 0 spiro atoms. The lowest BCUT2D eigenvalue weighted by atomic mass is 9.89. The van der Waals surface area contributed by atoms with Crippen molar-refractivity contribution in [1.82, 2.24) is 0 Å². The zero-order chi connectivity index (χ0) is 32.8. The maximum atomic E-state index is 2.33. The Bertz CT molecular complexity index is 1930. The minimum absolute atomic E-state index is 1.27. The van der Waals surface area contributed by atoms with Crippen LogP contribution in [0.4, 0.5) is 0 Å². The first-order valence-electron chi connectivity index (χ1n) is 16.4. The van der Waals surface area contributed by atoms with Crippen molar-refractivity contribution in [3.63, 3.8) is 0 Å². The second-order valence-corrected chi connectivity index (χ2v) is 12.5. The molecule has 0 radical (unpaired) electrons. The van der Waals surface area contributed by atoms with Gasteiger partial charge in [0.05, 0.1) is 0 Å². The van der Waals surface area contributed by atoms with E-state index in [1.165, 1.54) is 83.5 Å². The fourth-order valence-corrected chi connectivity index (χ4v) is 6.43. The predicted molar refractivity (Wildman–Crippen MR) is 204 cm³/mol. The van der Waals surface area contributed by atoms with Crippen molar-refractivity contribution in [2.45, 2.75) is 34.6 Å². The van der Waals surface area contributed by atoms with E-state index in [2.05, 4.69) is 198 Å². The van der Waals surface area contributed by atoms with Crippen LogP contribution >= 0.6 is 0 Å². The highest BCUT2D eigenvalue weighted by atomic mass is 14.2. The Morgan fingerprint density at radius 3 is 0.681 bits per heavy atom. The highest BCUT2D eigenvalue weighted by Crippen LogP contribution is 2.36. The third kappa shape index (κ3) is 7.19. The first kappa shape index (κ1) is 31.5. The topological polar surface area (TPSA) is 0 Å². The average Bonchev–Trinajstić information content (AvgIpc) is 3.09. The lowest BCUT2D eigenvalue weighted by Gasteiger charge is -2.15. The Kier molecular flexibility index (Phi) is 9.60. The molecule has 0 nitrogen and oxygen atoms in total. The smallest absolute Gasteiger partial charge is 0.0154 e. The van der Waals surface area contributed by atoms with Crippen LogP contribution < -0.4 is 0 Å². The highest BCUT2D eigenvalue weighted by molar-refractivity contribution is 5.83. The Morgan fingerprint density at radius 2 is 0.426 bits per heavy atom. The molecule has 230 valence electrons. The summed E-state index contributed by atoms with van der Waals surface area (Å²) in [7, 11) is 0. The molecule has 7 aromatic carbocycles. The van der Waals surface area contributed by atoms with Gasteiger partial charge in [-0.2, -0.15) is 0 Å². The molecule has 0 saturated heterocycles. The van der Waals surface area contributed by atoms with E-state index >= 15 is 0 Å². The fourth-order valence-electron chi connectivity index (χ4n) is 6.43. The fraction of sp³-hybridized carbons (Fsp3) is 0.106. The van der Waals surface area contributed by atoms with Gasteiger partial charge >= 0.3 is 0 Å². The summed E-state index contributed by atoms with van der Waals surface area (Å²) >= 11 is 0. The molecule has 0 saturated carbocycles. The van der Waals surface area contributed by atoms with Crippen LogP contribution in [0.5, 0.6) is 0 Å². The SMILES string of the molecule is Cc1ccccc1-c1cc(-c2ccccc2C)cc(-c2ccccc2C)c1.Cc1ccccc1-c1cccc(-c2ccccc2C)c1. The number of rotatable bonds is 5. The van der Waals surface area contributed by atoms with Gasteiger partial charge < -0.3 is 0 Å². The van der Waals surface area contributed by atoms with E-state index in [1.54, 1.807) is 0 Å². The maximum Gasteiger partial charge on any atom is -0.0154 e. The molecule has 7 rings (SSSR count). The van der Waals surface area contributed by atoms with Gasteiger partial charge in [0.25, 0.3) is 0 Å². The summed E-state index contributed by atoms with van der Waals surface area (Å²) in [6.45, 7) is 10.9. The summed E-state index contributed by atoms with van der Waals surface area (Å²) in [6.07, 6.45) is 0. The first-order chi connectivity index (χ1) is 22.9. The lowest BCUT2D eigenvalue weighted by molar-refractivity contribution is 1.42. The first-order valence-corrected chi connectivity index (χ1v) is 16.4. The molecule has 0 aromatic heterocycles. The van der Waals surface area contributed by atoms with Gasteiger partial charge in [-0.3, -0.25) is 0 Å². The van der Waals surface area contributed by atoms with E-state index < -0.39 is 0 Å². The van der Waals surface area contributed by atoms with Crippen LogP contribution in [0.15, 0.2) is 164 Å². The van der Waals surface area contributed by atoms with Crippen molar-refractivity contribution in [2.24, 2.45) is 0 Å². The molecule has 0 heteroatoms. The van der Waals surface area contributed by atoms with Gasteiger partial charge in [-0.25, -0.2) is 0 Å². The van der Waals surface area contributed by atoms with Gasteiger partial charge in [-0.15, -0.1) is 0 Å².